The van der Waals surface area contributed by atoms with Crippen molar-refractivity contribution in [3.8, 4) is 11.5 Å². The molecular weight excluding hydrogens is 332 g/mol. The second-order valence-electron chi connectivity index (χ2n) is 9.70. The van der Waals surface area contributed by atoms with Crippen LogP contribution in [0.4, 0.5) is 0 Å². The molecule has 0 bridgehead atoms. The molecule has 2 aliphatic carbocycles. The van der Waals surface area contributed by atoms with Crippen molar-refractivity contribution in [2.45, 2.75) is 103 Å². The quantitative estimate of drug-likeness (QED) is 0.458. The molecule has 3 atom stereocenters. The first-order chi connectivity index (χ1) is 12.9. The van der Waals surface area contributed by atoms with E-state index in [-0.39, 0.29) is 5.60 Å². The van der Waals surface area contributed by atoms with Gasteiger partial charge in [0.2, 0.25) is 0 Å². The lowest BCUT2D eigenvalue weighted by atomic mass is 9.66. The third kappa shape index (κ3) is 3.30. The minimum Gasteiger partial charge on any atom is -0.508 e. The first-order valence-corrected chi connectivity index (χ1v) is 11.2. The Morgan fingerprint density at radius 2 is 2.07 bits per heavy atom. The fourth-order valence-electron chi connectivity index (χ4n) is 5.92. The van der Waals surface area contributed by atoms with Crippen molar-refractivity contribution in [2.75, 3.05) is 0 Å². The predicted octanol–water partition coefficient (Wildman–Crippen LogP) is 7.00. The fourth-order valence-corrected chi connectivity index (χ4v) is 5.92. The van der Waals surface area contributed by atoms with Crippen LogP contribution in [0.2, 0.25) is 0 Å². The van der Waals surface area contributed by atoms with Crippen molar-refractivity contribution < 1.29 is 9.84 Å². The van der Waals surface area contributed by atoms with Gasteiger partial charge in [-0.15, -0.1) is 0 Å². The molecule has 1 aromatic carbocycles. The van der Waals surface area contributed by atoms with Gasteiger partial charge in [-0.1, -0.05) is 37.8 Å². The Bertz CT molecular complexity index is 743. The van der Waals surface area contributed by atoms with Crippen LogP contribution >= 0.6 is 0 Å². The number of hydrogen-bond acceptors (Lipinski definition) is 2. The number of rotatable bonds is 4. The molecule has 1 unspecified atom stereocenters. The molecule has 4 rings (SSSR count). The first kappa shape index (κ1) is 18.9. The molecule has 0 aromatic heterocycles. The molecule has 0 spiro atoms. The van der Waals surface area contributed by atoms with Crippen molar-refractivity contribution in [1.29, 1.82) is 0 Å². The number of hydrogen-bond donors (Lipinski definition) is 1. The zero-order chi connectivity index (χ0) is 19.2. The number of fused-ring (bicyclic) bond motifs is 5. The largest absolute Gasteiger partial charge is 0.508 e. The predicted molar refractivity (Wildman–Crippen MR) is 112 cm³/mol. The summed E-state index contributed by atoms with van der Waals surface area (Å²) in [5, 5.41) is 11.1. The molecule has 1 aromatic rings. The van der Waals surface area contributed by atoms with Gasteiger partial charge in [-0.2, -0.15) is 0 Å². The van der Waals surface area contributed by atoms with E-state index in [4.69, 9.17) is 4.74 Å². The Hall–Kier alpha value is -1.44. The Morgan fingerprint density at radius 3 is 2.85 bits per heavy atom. The maximum absolute atomic E-state index is 11.1. The molecular formula is C25H36O2. The SMILES string of the molecule is CCCCCC1CCCc2c1cc(O)c1c2OC(C)(C)[C@@H]2CC=C(C)C[C@@H]12. The topological polar surface area (TPSA) is 29.5 Å². The molecule has 2 heteroatoms. The highest BCUT2D eigenvalue weighted by molar-refractivity contribution is 5.59. The average Bonchev–Trinajstić information content (AvgIpc) is 2.61. The van der Waals surface area contributed by atoms with Crippen LogP contribution in [0, 0.1) is 5.92 Å². The maximum atomic E-state index is 11.1. The molecule has 1 aliphatic heterocycles. The molecule has 0 fully saturated rings. The van der Waals surface area contributed by atoms with Crippen LogP contribution in [-0.4, -0.2) is 10.7 Å². The number of allylic oxidation sites excluding steroid dienone is 2. The second-order valence-corrected chi connectivity index (χ2v) is 9.70. The van der Waals surface area contributed by atoms with Gasteiger partial charge in [0.1, 0.15) is 17.1 Å². The van der Waals surface area contributed by atoms with E-state index in [0.717, 1.165) is 30.6 Å². The molecule has 1 N–H and O–H groups in total. The molecule has 3 aliphatic rings. The Labute approximate surface area is 165 Å². The third-order valence-electron chi connectivity index (χ3n) is 7.39. The van der Waals surface area contributed by atoms with E-state index in [9.17, 15) is 5.11 Å². The highest BCUT2D eigenvalue weighted by atomic mass is 16.5. The van der Waals surface area contributed by atoms with Gasteiger partial charge in [0.25, 0.3) is 0 Å². The van der Waals surface area contributed by atoms with Crippen molar-refractivity contribution in [3.63, 3.8) is 0 Å². The summed E-state index contributed by atoms with van der Waals surface area (Å²) in [6.45, 7) is 9.00. The van der Waals surface area contributed by atoms with Gasteiger partial charge in [0.15, 0.2) is 0 Å². The monoisotopic (exact) mass is 368 g/mol. The van der Waals surface area contributed by atoms with Gasteiger partial charge >= 0.3 is 0 Å². The Balaban J connectivity index is 1.77. The summed E-state index contributed by atoms with van der Waals surface area (Å²) >= 11 is 0. The van der Waals surface area contributed by atoms with E-state index in [1.165, 1.54) is 55.2 Å². The molecule has 148 valence electrons. The third-order valence-corrected chi connectivity index (χ3v) is 7.39. The summed E-state index contributed by atoms with van der Waals surface area (Å²) < 4.78 is 6.69. The molecule has 0 radical (unpaired) electrons. The summed E-state index contributed by atoms with van der Waals surface area (Å²) in [6.07, 6.45) is 13.2. The van der Waals surface area contributed by atoms with Gasteiger partial charge in [-0.3, -0.25) is 0 Å². The second kappa shape index (κ2) is 7.18. The lowest BCUT2D eigenvalue weighted by Crippen LogP contribution is -2.46. The fraction of sp³-hybridized carbons (Fsp3) is 0.680. The van der Waals surface area contributed by atoms with Crippen molar-refractivity contribution in [2.24, 2.45) is 5.92 Å². The van der Waals surface area contributed by atoms with Crippen LogP contribution < -0.4 is 4.74 Å². The minimum atomic E-state index is -0.175. The summed E-state index contributed by atoms with van der Waals surface area (Å²) in [6, 6.07) is 2.12. The van der Waals surface area contributed by atoms with Crippen LogP contribution in [0.5, 0.6) is 11.5 Å². The first-order valence-electron chi connectivity index (χ1n) is 11.2. The van der Waals surface area contributed by atoms with Gasteiger partial charge in [0, 0.05) is 17.4 Å². The number of ether oxygens (including phenoxy) is 1. The lowest BCUT2D eigenvalue weighted by Gasteiger charge is -2.48. The summed E-state index contributed by atoms with van der Waals surface area (Å²) in [4.78, 5) is 0. The van der Waals surface area contributed by atoms with Crippen molar-refractivity contribution in [1.82, 2.24) is 0 Å². The minimum absolute atomic E-state index is 0.175. The molecule has 0 amide bonds. The molecule has 1 heterocycles. The Kier molecular flexibility index (Phi) is 5.03. The zero-order valence-corrected chi connectivity index (χ0v) is 17.6. The average molecular weight is 369 g/mol. The molecule has 27 heavy (non-hydrogen) atoms. The van der Waals surface area contributed by atoms with E-state index in [1.807, 2.05) is 0 Å². The van der Waals surface area contributed by atoms with Crippen LogP contribution in [0.1, 0.15) is 108 Å². The van der Waals surface area contributed by atoms with Gasteiger partial charge in [-0.25, -0.2) is 0 Å². The van der Waals surface area contributed by atoms with Crippen molar-refractivity contribution in [3.05, 3.63) is 34.4 Å². The number of unbranched alkanes of at least 4 members (excludes halogenated alkanes) is 2. The number of benzene rings is 1. The lowest BCUT2D eigenvalue weighted by molar-refractivity contribution is 0.00629. The van der Waals surface area contributed by atoms with Gasteiger partial charge in [-0.05, 0) is 82.4 Å². The normalized spacial score (nSPS) is 28.4. The zero-order valence-electron chi connectivity index (χ0n) is 17.6. The highest BCUT2D eigenvalue weighted by Gasteiger charge is 2.47. The van der Waals surface area contributed by atoms with Crippen molar-refractivity contribution >= 4 is 0 Å². The summed E-state index contributed by atoms with van der Waals surface area (Å²) in [7, 11) is 0. The standard InChI is InChI=1S/C25H36O2/c1-5-6-7-9-17-10-8-11-18-19(17)15-22(26)23-20-14-16(2)12-13-21(20)25(3,4)27-24(18)23/h12,15,17,20-21,26H,5-11,13-14H2,1-4H3/t17?,20-,21-/m1/s1. The molecule has 0 saturated heterocycles. The van der Waals surface area contributed by atoms with Crippen LogP contribution in [0.3, 0.4) is 0 Å². The highest BCUT2D eigenvalue weighted by Crippen LogP contribution is 2.57. The van der Waals surface area contributed by atoms with Crippen LogP contribution in [0.15, 0.2) is 17.7 Å². The van der Waals surface area contributed by atoms with E-state index in [0.29, 0.717) is 23.5 Å². The van der Waals surface area contributed by atoms with Crippen LogP contribution in [-0.2, 0) is 6.42 Å². The maximum Gasteiger partial charge on any atom is 0.130 e. The van der Waals surface area contributed by atoms with Gasteiger partial charge < -0.3 is 9.84 Å². The summed E-state index contributed by atoms with van der Waals surface area (Å²) in [5.41, 5.74) is 5.18. The van der Waals surface area contributed by atoms with E-state index >= 15 is 0 Å². The van der Waals surface area contributed by atoms with Gasteiger partial charge in [0.05, 0.1) is 0 Å². The number of phenols is 1. The number of phenolic OH excluding ortho intramolecular Hbond substituents is 1. The van der Waals surface area contributed by atoms with Crippen LogP contribution in [0.25, 0.3) is 0 Å². The Morgan fingerprint density at radius 1 is 1.26 bits per heavy atom. The molecule has 0 saturated carbocycles. The number of aromatic hydroxyl groups is 1. The van der Waals surface area contributed by atoms with E-state index in [1.54, 1.807) is 0 Å². The summed E-state index contributed by atoms with van der Waals surface area (Å²) in [5.74, 6) is 2.97. The van der Waals surface area contributed by atoms with E-state index in [2.05, 4.69) is 39.8 Å². The smallest absolute Gasteiger partial charge is 0.130 e. The molecule has 2 nitrogen and oxygen atoms in total. The van der Waals surface area contributed by atoms with E-state index < -0.39 is 0 Å².